The van der Waals surface area contributed by atoms with Crippen molar-refractivity contribution in [2.75, 3.05) is 11.6 Å². The van der Waals surface area contributed by atoms with Crippen molar-refractivity contribution < 1.29 is 13.9 Å². The number of aromatic nitrogens is 1. The van der Waals surface area contributed by atoms with E-state index < -0.39 is 0 Å². The lowest BCUT2D eigenvalue weighted by molar-refractivity contribution is -0.116. The molecule has 0 N–H and O–H groups in total. The first-order valence-corrected chi connectivity index (χ1v) is 8.52. The van der Waals surface area contributed by atoms with Crippen molar-refractivity contribution in [3.8, 4) is 5.75 Å². The molecule has 0 aliphatic carbocycles. The molecule has 0 aliphatic rings. The highest BCUT2D eigenvalue weighted by Crippen LogP contribution is 2.29. The van der Waals surface area contributed by atoms with Gasteiger partial charge in [-0.1, -0.05) is 11.3 Å². The fourth-order valence-corrected chi connectivity index (χ4v) is 3.18. The number of hydrogen-bond donors (Lipinski definition) is 0. The predicted octanol–water partition coefficient (Wildman–Crippen LogP) is 4.22. The van der Waals surface area contributed by atoms with Crippen molar-refractivity contribution in [1.29, 1.82) is 0 Å². The highest BCUT2D eigenvalue weighted by molar-refractivity contribution is 7.22. The minimum Gasteiger partial charge on any atom is -0.494 e. The zero-order valence-electron chi connectivity index (χ0n) is 13.8. The number of thiazole rings is 1. The molecular formula is C18H16FN3O2S. The van der Waals surface area contributed by atoms with Crippen molar-refractivity contribution in [1.82, 2.24) is 4.98 Å². The fraction of sp³-hybridized carbons (Fsp3) is 0.167. The molecule has 5 nitrogen and oxygen atoms in total. The summed E-state index contributed by atoms with van der Waals surface area (Å²) in [5.74, 6) is 0.160. The zero-order chi connectivity index (χ0) is 17.8. The first-order valence-electron chi connectivity index (χ1n) is 7.70. The first kappa shape index (κ1) is 17.0. The van der Waals surface area contributed by atoms with E-state index in [2.05, 4.69) is 10.1 Å². The Morgan fingerprint density at radius 1 is 1.32 bits per heavy atom. The number of carbonyl (C=O) groups excluding carboxylic acids is 1. The zero-order valence-corrected chi connectivity index (χ0v) is 14.6. The van der Waals surface area contributed by atoms with Crippen molar-refractivity contribution in [2.24, 2.45) is 5.10 Å². The summed E-state index contributed by atoms with van der Waals surface area (Å²) in [6.45, 7) is 3.93. The van der Waals surface area contributed by atoms with E-state index in [1.165, 1.54) is 35.4 Å². The molecule has 2 aromatic carbocycles. The van der Waals surface area contributed by atoms with E-state index in [-0.39, 0.29) is 11.7 Å². The third-order valence-corrected chi connectivity index (χ3v) is 4.33. The van der Waals surface area contributed by atoms with Crippen LogP contribution in [0.4, 0.5) is 9.52 Å². The molecule has 128 valence electrons. The summed E-state index contributed by atoms with van der Waals surface area (Å²) in [4.78, 5) is 16.3. The smallest absolute Gasteiger partial charge is 0.246 e. The summed E-state index contributed by atoms with van der Waals surface area (Å²) >= 11 is 1.21. The van der Waals surface area contributed by atoms with Crippen LogP contribution in [0.3, 0.4) is 0 Å². The lowest BCUT2D eigenvalue weighted by Gasteiger charge is -2.10. The lowest BCUT2D eigenvalue weighted by Crippen LogP contribution is -2.22. The fourth-order valence-electron chi connectivity index (χ4n) is 2.18. The van der Waals surface area contributed by atoms with Crippen LogP contribution in [0.25, 0.3) is 10.2 Å². The molecule has 1 heterocycles. The molecule has 1 amide bonds. The Kier molecular flexibility index (Phi) is 5.04. The van der Waals surface area contributed by atoms with E-state index in [0.717, 1.165) is 11.3 Å². The Hall–Kier alpha value is -2.80. The lowest BCUT2D eigenvalue weighted by atomic mass is 10.2. The van der Waals surface area contributed by atoms with Gasteiger partial charge in [0.15, 0.2) is 0 Å². The van der Waals surface area contributed by atoms with Crippen molar-refractivity contribution in [3.63, 3.8) is 0 Å². The highest BCUT2D eigenvalue weighted by Gasteiger charge is 2.15. The van der Waals surface area contributed by atoms with Crippen LogP contribution in [0.5, 0.6) is 5.75 Å². The third-order valence-electron chi connectivity index (χ3n) is 3.33. The number of hydrogen-bond acceptors (Lipinski definition) is 5. The monoisotopic (exact) mass is 357 g/mol. The largest absolute Gasteiger partial charge is 0.494 e. The molecular weight excluding hydrogens is 341 g/mol. The van der Waals surface area contributed by atoms with Gasteiger partial charge in [-0.2, -0.15) is 10.1 Å². The normalized spacial score (nSPS) is 11.2. The van der Waals surface area contributed by atoms with Crippen LogP contribution in [0, 0.1) is 5.82 Å². The van der Waals surface area contributed by atoms with Gasteiger partial charge in [0.2, 0.25) is 11.0 Å². The Balaban J connectivity index is 1.86. The second-order valence-corrected chi connectivity index (χ2v) is 6.20. The summed E-state index contributed by atoms with van der Waals surface area (Å²) in [5, 5.41) is 5.83. The van der Waals surface area contributed by atoms with Gasteiger partial charge < -0.3 is 4.74 Å². The second kappa shape index (κ2) is 7.40. The maximum atomic E-state index is 13.3. The number of benzene rings is 2. The van der Waals surface area contributed by atoms with Crippen molar-refractivity contribution >= 4 is 38.8 Å². The number of nitrogens with zero attached hydrogens (tertiary/aromatic N) is 3. The molecule has 7 heteroatoms. The van der Waals surface area contributed by atoms with Gasteiger partial charge in [-0.3, -0.25) is 4.79 Å². The number of hydrazone groups is 1. The van der Waals surface area contributed by atoms with Crippen LogP contribution in [0.2, 0.25) is 0 Å². The maximum absolute atomic E-state index is 13.3. The number of fused-ring (bicyclic) bond motifs is 1. The van der Waals surface area contributed by atoms with Gasteiger partial charge in [-0.25, -0.2) is 9.37 Å². The molecule has 3 aromatic rings. The van der Waals surface area contributed by atoms with Crippen LogP contribution in [0.15, 0.2) is 47.6 Å². The molecule has 0 aliphatic heterocycles. The summed E-state index contributed by atoms with van der Waals surface area (Å²) in [6.07, 6.45) is 1.57. The minimum atomic E-state index is -0.338. The number of ether oxygens (including phenoxy) is 1. The quantitative estimate of drug-likeness (QED) is 0.507. The van der Waals surface area contributed by atoms with Gasteiger partial charge in [-0.05, 0) is 55.0 Å². The highest BCUT2D eigenvalue weighted by atomic mass is 32.1. The van der Waals surface area contributed by atoms with Gasteiger partial charge in [0, 0.05) is 6.92 Å². The molecule has 0 radical (unpaired) electrons. The molecule has 3 rings (SSSR count). The van der Waals surface area contributed by atoms with Crippen LogP contribution in [-0.4, -0.2) is 23.7 Å². The Labute approximate surface area is 148 Å². The molecule has 0 unspecified atom stereocenters. The van der Waals surface area contributed by atoms with E-state index in [1.807, 2.05) is 31.2 Å². The van der Waals surface area contributed by atoms with Crippen molar-refractivity contribution in [3.05, 3.63) is 53.8 Å². The average molecular weight is 357 g/mol. The topological polar surface area (TPSA) is 54.8 Å². The van der Waals surface area contributed by atoms with E-state index >= 15 is 0 Å². The number of rotatable bonds is 5. The number of halogens is 1. The van der Waals surface area contributed by atoms with Crippen LogP contribution < -0.4 is 9.75 Å². The average Bonchev–Trinajstić information content (AvgIpc) is 2.99. The summed E-state index contributed by atoms with van der Waals surface area (Å²) in [7, 11) is 0. The summed E-state index contributed by atoms with van der Waals surface area (Å²) < 4.78 is 19.4. The number of carbonyl (C=O) groups is 1. The van der Waals surface area contributed by atoms with Gasteiger partial charge in [-0.15, -0.1) is 0 Å². The Bertz CT molecular complexity index is 922. The summed E-state index contributed by atoms with van der Waals surface area (Å²) in [6, 6.07) is 11.7. The number of amides is 1. The second-order valence-electron chi connectivity index (χ2n) is 5.19. The molecule has 0 saturated heterocycles. The van der Waals surface area contributed by atoms with Crippen molar-refractivity contribution in [2.45, 2.75) is 13.8 Å². The van der Waals surface area contributed by atoms with Gasteiger partial charge in [0.25, 0.3) is 0 Å². The molecule has 0 bridgehead atoms. The van der Waals surface area contributed by atoms with E-state index in [1.54, 1.807) is 12.3 Å². The maximum Gasteiger partial charge on any atom is 0.246 e. The summed E-state index contributed by atoms with van der Waals surface area (Å²) in [5.41, 5.74) is 1.45. The predicted molar refractivity (Wildman–Crippen MR) is 97.9 cm³/mol. The molecule has 0 atom stereocenters. The van der Waals surface area contributed by atoms with E-state index in [9.17, 15) is 9.18 Å². The van der Waals surface area contributed by atoms with Gasteiger partial charge in [0.05, 0.1) is 23.0 Å². The Morgan fingerprint density at radius 2 is 2.08 bits per heavy atom. The van der Waals surface area contributed by atoms with Crippen LogP contribution in [0.1, 0.15) is 19.4 Å². The Morgan fingerprint density at radius 3 is 2.76 bits per heavy atom. The van der Waals surface area contributed by atoms with E-state index in [0.29, 0.717) is 22.0 Å². The molecule has 0 fully saturated rings. The third kappa shape index (κ3) is 4.00. The van der Waals surface area contributed by atoms with E-state index in [4.69, 9.17) is 4.74 Å². The standard InChI is InChI=1S/C18H16FN3O2S/c1-3-24-15-7-4-13(5-8-15)11-20-22(12(2)23)18-21-16-9-6-14(19)10-17(16)25-18/h4-11H,3H2,1-2H3/b20-11+. The SMILES string of the molecule is CCOc1ccc(/C=N/N(C(C)=O)c2nc3ccc(F)cc3s2)cc1. The molecule has 0 saturated carbocycles. The number of anilines is 1. The van der Waals surface area contributed by atoms with Crippen LogP contribution >= 0.6 is 11.3 Å². The molecule has 0 spiro atoms. The van der Waals surface area contributed by atoms with Crippen LogP contribution in [-0.2, 0) is 4.79 Å². The minimum absolute atomic E-state index is 0.276. The molecule has 1 aromatic heterocycles. The first-order chi connectivity index (χ1) is 12.1. The van der Waals surface area contributed by atoms with Gasteiger partial charge in [0.1, 0.15) is 11.6 Å². The van der Waals surface area contributed by atoms with Gasteiger partial charge >= 0.3 is 0 Å². The molecule has 25 heavy (non-hydrogen) atoms.